The molecule has 0 fully saturated rings. The van der Waals surface area contributed by atoms with Gasteiger partial charge in [0.25, 0.3) is 0 Å². The molecule has 0 heterocycles. The van der Waals surface area contributed by atoms with Crippen LogP contribution in [-0.4, -0.2) is 5.91 Å². The highest BCUT2D eigenvalue weighted by atomic mass is 35.5. The first kappa shape index (κ1) is 14.2. The lowest BCUT2D eigenvalue weighted by atomic mass is 10.2. The van der Waals surface area contributed by atoms with Gasteiger partial charge in [-0.3, -0.25) is 4.79 Å². The highest BCUT2D eigenvalue weighted by Gasteiger charge is 2.05. The zero-order valence-electron chi connectivity index (χ0n) is 10.2. The summed E-state index contributed by atoms with van der Waals surface area (Å²) in [5.41, 5.74) is 0.245. The Morgan fingerprint density at radius 3 is 2.40 bits per heavy atom. The van der Waals surface area contributed by atoms with Crippen molar-refractivity contribution in [1.82, 2.24) is 0 Å². The number of benzene rings is 2. The molecular formula is C15H10ClF2NO. The molecule has 0 aromatic heterocycles. The van der Waals surface area contributed by atoms with E-state index in [4.69, 9.17) is 11.6 Å². The Balaban J connectivity index is 2.10. The van der Waals surface area contributed by atoms with E-state index in [0.29, 0.717) is 10.7 Å². The smallest absolute Gasteiger partial charge is 0.248 e. The molecule has 102 valence electrons. The van der Waals surface area contributed by atoms with Crippen molar-refractivity contribution in [3.63, 3.8) is 0 Å². The Labute approximate surface area is 119 Å². The highest BCUT2D eigenvalue weighted by Crippen LogP contribution is 2.16. The zero-order valence-corrected chi connectivity index (χ0v) is 11.0. The van der Waals surface area contributed by atoms with Crippen LogP contribution in [0.25, 0.3) is 6.08 Å². The van der Waals surface area contributed by atoms with E-state index in [2.05, 4.69) is 5.32 Å². The molecule has 2 rings (SSSR count). The minimum Gasteiger partial charge on any atom is -0.322 e. The molecular weight excluding hydrogens is 284 g/mol. The standard InChI is InChI=1S/C15H10ClF2NO/c16-10-3-1-4-11(9-10)19-15(20)8-7-12-13(17)5-2-6-14(12)18/h1-9H,(H,19,20)/b8-7+. The molecule has 0 aliphatic carbocycles. The van der Waals surface area contributed by atoms with Crippen molar-refractivity contribution >= 4 is 29.3 Å². The lowest BCUT2D eigenvalue weighted by molar-refractivity contribution is -0.111. The van der Waals surface area contributed by atoms with Gasteiger partial charge in [0.05, 0.1) is 0 Å². The number of carbonyl (C=O) groups is 1. The van der Waals surface area contributed by atoms with E-state index < -0.39 is 17.5 Å². The number of halogens is 3. The van der Waals surface area contributed by atoms with Crippen molar-refractivity contribution in [2.45, 2.75) is 0 Å². The summed E-state index contributed by atoms with van der Waals surface area (Å²) in [5, 5.41) is 3.02. The number of carbonyl (C=O) groups excluding carboxylic acids is 1. The maximum atomic E-state index is 13.3. The fourth-order valence-corrected chi connectivity index (χ4v) is 1.77. The van der Waals surface area contributed by atoms with E-state index in [0.717, 1.165) is 24.3 Å². The van der Waals surface area contributed by atoms with Crippen molar-refractivity contribution in [2.75, 3.05) is 5.32 Å². The van der Waals surface area contributed by atoms with Crippen LogP contribution in [0.3, 0.4) is 0 Å². The van der Waals surface area contributed by atoms with Crippen LogP contribution in [0.15, 0.2) is 48.5 Å². The predicted octanol–water partition coefficient (Wildman–Crippen LogP) is 4.27. The summed E-state index contributed by atoms with van der Waals surface area (Å²) in [5.74, 6) is -1.96. The Morgan fingerprint density at radius 1 is 1.10 bits per heavy atom. The Bertz CT molecular complexity index is 650. The summed E-state index contributed by atoms with van der Waals surface area (Å²) in [6, 6.07) is 10.1. The van der Waals surface area contributed by atoms with Crippen LogP contribution < -0.4 is 5.32 Å². The fourth-order valence-electron chi connectivity index (χ4n) is 1.58. The molecule has 0 aliphatic heterocycles. The first-order valence-electron chi connectivity index (χ1n) is 5.75. The second-order valence-electron chi connectivity index (χ2n) is 3.97. The van der Waals surface area contributed by atoms with Gasteiger partial charge in [-0.05, 0) is 36.4 Å². The maximum Gasteiger partial charge on any atom is 0.248 e. The van der Waals surface area contributed by atoms with Crippen molar-refractivity contribution in [3.8, 4) is 0 Å². The van der Waals surface area contributed by atoms with Crippen LogP contribution in [-0.2, 0) is 4.79 Å². The molecule has 0 saturated carbocycles. The third-order valence-electron chi connectivity index (χ3n) is 2.49. The second kappa shape index (κ2) is 6.30. The van der Waals surface area contributed by atoms with Gasteiger partial charge in [0.15, 0.2) is 0 Å². The molecule has 0 saturated heterocycles. The van der Waals surface area contributed by atoms with Crippen molar-refractivity contribution in [1.29, 1.82) is 0 Å². The lowest BCUT2D eigenvalue weighted by Crippen LogP contribution is -2.07. The van der Waals surface area contributed by atoms with E-state index in [9.17, 15) is 13.6 Å². The summed E-state index contributed by atoms with van der Waals surface area (Å²) in [4.78, 5) is 11.6. The fraction of sp³-hybridized carbons (Fsp3) is 0. The number of hydrogen-bond acceptors (Lipinski definition) is 1. The van der Waals surface area contributed by atoms with Gasteiger partial charge in [-0.2, -0.15) is 0 Å². The molecule has 1 N–H and O–H groups in total. The molecule has 2 aromatic carbocycles. The van der Waals surface area contributed by atoms with Gasteiger partial charge in [0, 0.05) is 22.3 Å². The Hall–Kier alpha value is -2.20. The zero-order chi connectivity index (χ0) is 14.5. The van der Waals surface area contributed by atoms with Crippen LogP contribution in [0.2, 0.25) is 5.02 Å². The molecule has 20 heavy (non-hydrogen) atoms. The third kappa shape index (κ3) is 3.65. The third-order valence-corrected chi connectivity index (χ3v) is 2.73. The van der Waals surface area contributed by atoms with Crippen molar-refractivity contribution in [2.24, 2.45) is 0 Å². The number of rotatable bonds is 3. The average molecular weight is 294 g/mol. The van der Waals surface area contributed by atoms with E-state index in [-0.39, 0.29) is 5.56 Å². The average Bonchev–Trinajstić information content (AvgIpc) is 2.38. The van der Waals surface area contributed by atoms with Gasteiger partial charge in [-0.1, -0.05) is 23.7 Å². The largest absolute Gasteiger partial charge is 0.322 e. The lowest BCUT2D eigenvalue weighted by Gasteiger charge is -2.02. The van der Waals surface area contributed by atoms with Crippen LogP contribution in [0.1, 0.15) is 5.56 Å². The first-order valence-corrected chi connectivity index (χ1v) is 6.13. The van der Waals surface area contributed by atoms with Crippen LogP contribution in [0, 0.1) is 11.6 Å². The molecule has 5 heteroatoms. The van der Waals surface area contributed by atoms with E-state index in [1.165, 1.54) is 6.07 Å². The van der Waals surface area contributed by atoms with Gasteiger partial charge >= 0.3 is 0 Å². The SMILES string of the molecule is O=C(/C=C/c1c(F)cccc1F)Nc1cccc(Cl)c1. The molecule has 0 atom stereocenters. The van der Waals surface area contributed by atoms with Gasteiger partial charge in [0.2, 0.25) is 5.91 Å². The minimum atomic E-state index is -0.725. The van der Waals surface area contributed by atoms with Crippen LogP contribution in [0.5, 0.6) is 0 Å². The molecule has 2 aromatic rings. The topological polar surface area (TPSA) is 29.1 Å². The quantitative estimate of drug-likeness (QED) is 0.841. The molecule has 1 amide bonds. The van der Waals surface area contributed by atoms with Gasteiger partial charge in [-0.25, -0.2) is 8.78 Å². The van der Waals surface area contributed by atoms with E-state index in [1.54, 1.807) is 24.3 Å². The molecule has 0 spiro atoms. The van der Waals surface area contributed by atoms with Crippen molar-refractivity contribution < 1.29 is 13.6 Å². The molecule has 0 aliphatic rings. The summed E-state index contributed by atoms with van der Waals surface area (Å²) in [7, 11) is 0. The molecule has 0 radical (unpaired) electrons. The Kier molecular flexibility index (Phi) is 4.48. The number of anilines is 1. The van der Waals surface area contributed by atoms with Gasteiger partial charge < -0.3 is 5.32 Å². The van der Waals surface area contributed by atoms with Crippen LogP contribution in [0.4, 0.5) is 14.5 Å². The maximum absolute atomic E-state index is 13.3. The number of nitrogens with one attached hydrogen (secondary N) is 1. The second-order valence-corrected chi connectivity index (χ2v) is 4.40. The summed E-state index contributed by atoms with van der Waals surface area (Å²) >= 11 is 5.77. The highest BCUT2D eigenvalue weighted by molar-refractivity contribution is 6.30. The van der Waals surface area contributed by atoms with E-state index >= 15 is 0 Å². The normalized spacial score (nSPS) is 10.8. The summed E-state index contributed by atoms with van der Waals surface area (Å²) in [6.45, 7) is 0. The molecule has 2 nitrogen and oxygen atoms in total. The summed E-state index contributed by atoms with van der Waals surface area (Å²) in [6.07, 6.45) is 2.15. The summed E-state index contributed by atoms with van der Waals surface area (Å²) < 4.78 is 26.7. The molecule has 0 unspecified atom stereocenters. The number of amides is 1. The van der Waals surface area contributed by atoms with Crippen molar-refractivity contribution in [3.05, 3.63) is 70.8 Å². The molecule has 0 bridgehead atoms. The van der Waals surface area contributed by atoms with Crippen LogP contribution >= 0.6 is 11.6 Å². The minimum absolute atomic E-state index is 0.256. The Morgan fingerprint density at radius 2 is 1.75 bits per heavy atom. The monoisotopic (exact) mass is 293 g/mol. The predicted molar refractivity (Wildman–Crippen MR) is 75.5 cm³/mol. The van der Waals surface area contributed by atoms with Gasteiger partial charge in [0.1, 0.15) is 11.6 Å². The van der Waals surface area contributed by atoms with E-state index in [1.807, 2.05) is 0 Å². The first-order chi connectivity index (χ1) is 9.56. The number of hydrogen-bond donors (Lipinski definition) is 1. The van der Waals surface area contributed by atoms with Gasteiger partial charge in [-0.15, -0.1) is 0 Å².